The summed E-state index contributed by atoms with van der Waals surface area (Å²) in [6.07, 6.45) is 2.70. The number of rotatable bonds is 4. The summed E-state index contributed by atoms with van der Waals surface area (Å²) in [5, 5.41) is 9.45. The average molecular weight is 218 g/mol. The highest BCUT2D eigenvalue weighted by Gasteiger charge is 2.40. The number of aliphatic hydroxyl groups is 1. The molecular weight excluding hydrogens is 200 g/mol. The van der Waals surface area contributed by atoms with Crippen molar-refractivity contribution in [3.63, 3.8) is 0 Å². The van der Waals surface area contributed by atoms with Gasteiger partial charge in [-0.15, -0.1) is 0 Å². The molecule has 5 heteroatoms. The molecule has 0 spiro atoms. The fourth-order valence-corrected chi connectivity index (χ4v) is 2.02. The van der Waals surface area contributed by atoms with Crippen molar-refractivity contribution in [2.75, 3.05) is 25.1 Å². The summed E-state index contributed by atoms with van der Waals surface area (Å²) in [6.45, 7) is 2.56. The van der Waals surface area contributed by atoms with Gasteiger partial charge in [0.25, 0.3) is 0 Å². The van der Waals surface area contributed by atoms with Crippen molar-refractivity contribution >= 4 is 17.7 Å². The van der Waals surface area contributed by atoms with E-state index >= 15 is 0 Å². The maximum atomic E-state index is 11.6. The molecule has 3 N–H and O–H groups in total. The Labute approximate surface area is 88.8 Å². The molecule has 0 aromatic heterocycles. The lowest BCUT2D eigenvalue weighted by molar-refractivity contribution is -0.153. The van der Waals surface area contributed by atoms with Crippen LogP contribution in [0.1, 0.15) is 13.3 Å². The quantitative estimate of drug-likeness (QED) is 0.677. The van der Waals surface area contributed by atoms with E-state index in [1.807, 2.05) is 6.26 Å². The van der Waals surface area contributed by atoms with Gasteiger partial charge in [-0.2, -0.15) is 11.8 Å². The molecule has 0 aromatic rings. The zero-order valence-electron chi connectivity index (χ0n) is 8.69. The summed E-state index contributed by atoms with van der Waals surface area (Å²) >= 11 is 1.68. The predicted molar refractivity (Wildman–Crippen MR) is 58.2 cm³/mol. The second-order valence-corrected chi connectivity index (χ2v) is 5.06. The molecule has 0 saturated carbocycles. The van der Waals surface area contributed by atoms with Crippen LogP contribution in [0.4, 0.5) is 0 Å². The van der Waals surface area contributed by atoms with Crippen LogP contribution in [-0.4, -0.2) is 52.7 Å². The van der Waals surface area contributed by atoms with Gasteiger partial charge in [0.05, 0.1) is 24.7 Å². The number of β-amino-alcohol motifs (C(OH)–C–C–N with tert-alkyl or cyclic N) is 1. The molecule has 4 nitrogen and oxygen atoms in total. The average Bonchev–Trinajstić information content (AvgIpc) is 2.08. The summed E-state index contributed by atoms with van der Waals surface area (Å²) < 4.78 is 0. The molecule has 1 aliphatic heterocycles. The van der Waals surface area contributed by atoms with E-state index < -0.39 is 11.6 Å². The molecule has 0 radical (unpaired) electrons. The fourth-order valence-electron chi connectivity index (χ4n) is 1.53. The van der Waals surface area contributed by atoms with Crippen molar-refractivity contribution in [3.8, 4) is 0 Å². The molecule has 1 heterocycles. The predicted octanol–water partition coefficient (Wildman–Crippen LogP) is -0.340. The topological polar surface area (TPSA) is 66.6 Å². The van der Waals surface area contributed by atoms with Gasteiger partial charge in [0.2, 0.25) is 5.91 Å². The number of nitrogens with zero attached hydrogens (tertiary/aromatic N) is 1. The van der Waals surface area contributed by atoms with Crippen LogP contribution >= 0.6 is 11.8 Å². The van der Waals surface area contributed by atoms with Crippen LogP contribution in [0, 0.1) is 0 Å². The van der Waals surface area contributed by atoms with Crippen molar-refractivity contribution in [3.05, 3.63) is 0 Å². The smallest absolute Gasteiger partial charge is 0.239 e. The van der Waals surface area contributed by atoms with Gasteiger partial charge in [0.15, 0.2) is 0 Å². The highest BCUT2D eigenvalue weighted by Crippen LogP contribution is 2.20. The van der Waals surface area contributed by atoms with Crippen LogP contribution < -0.4 is 5.73 Å². The monoisotopic (exact) mass is 218 g/mol. The van der Waals surface area contributed by atoms with Gasteiger partial charge in [-0.1, -0.05) is 0 Å². The molecule has 14 heavy (non-hydrogen) atoms. The minimum Gasteiger partial charge on any atom is -0.386 e. The van der Waals surface area contributed by atoms with Crippen LogP contribution in [-0.2, 0) is 4.79 Å². The molecule has 1 rings (SSSR count). The van der Waals surface area contributed by atoms with Crippen LogP contribution in [0.5, 0.6) is 0 Å². The van der Waals surface area contributed by atoms with Crippen LogP contribution in [0.2, 0.25) is 0 Å². The summed E-state index contributed by atoms with van der Waals surface area (Å²) in [5.74, 6) is 0.863. The lowest BCUT2D eigenvalue weighted by Gasteiger charge is -2.45. The Bertz CT molecular complexity index is 213. The Morgan fingerprint density at radius 2 is 2.29 bits per heavy atom. The summed E-state index contributed by atoms with van der Waals surface area (Å²) in [5.41, 5.74) is 5.02. The summed E-state index contributed by atoms with van der Waals surface area (Å²) in [6, 6.07) is -0.404. The molecule has 1 aliphatic rings. The highest BCUT2D eigenvalue weighted by molar-refractivity contribution is 7.98. The minimum absolute atomic E-state index is 0.0365. The minimum atomic E-state index is -0.700. The van der Waals surface area contributed by atoms with Gasteiger partial charge in [-0.25, -0.2) is 0 Å². The van der Waals surface area contributed by atoms with Crippen LogP contribution in [0.25, 0.3) is 0 Å². The largest absolute Gasteiger partial charge is 0.386 e. The number of likely N-dealkylation sites (tertiary alicyclic amines) is 1. The molecule has 1 fully saturated rings. The van der Waals surface area contributed by atoms with E-state index in [0.29, 0.717) is 19.5 Å². The van der Waals surface area contributed by atoms with Gasteiger partial charge in [-0.3, -0.25) is 4.79 Å². The first kappa shape index (κ1) is 11.8. The normalized spacial score (nSPS) is 21.6. The number of nitrogens with two attached hydrogens (primary N) is 1. The first-order valence-electron chi connectivity index (χ1n) is 4.72. The zero-order chi connectivity index (χ0) is 10.8. The van der Waals surface area contributed by atoms with Crippen molar-refractivity contribution in [2.24, 2.45) is 5.73 Å². The molecule has 1 atom stereocenters. The number of thioether (sulfide) groups is 1. The van der Waals surface area contributed by atoms with Gasteiger partial charge in [0.1, 0.15) is 0 Å². The Morgan fingerprint density at radius 1 is 1.71 bits per heavy atom. The van der Waals surface area contributed by atoms with E-state index in [2.05, 4.69) is 0 Å². The molecule has 0 aromatic carbocycles. The summed E-state index contributed by atoms with van der Waals surface area (Å²) in [7, 11) is 0. The van der Waals surface area contributed by atoms with Gasteiger partial charge < -0.3 is 15.7 Å². The molecule has 1 amide bonds. The van der Waals surface area contributed by atoms with E-state index in [1.165, 1.54) is 0 Å². The number of hydrogen-bond donors (Lipinski definition) is 2. The maximum Gasteiger partial charge on any atom is 0.239 e. The molecule has 0 unspecified atom stereocenters. The third-order valence-electron chi connectivity index (χ3n) is 2.32. The Kier molecular flexibility index (Phi) is 3.80. The van der Waals surface area contributed by atoms with E-state index in [1.54, 1.807) is 23.6 Å². The fraction of sp³-hybridized carbons (Fsp3) is 0.889. The van der Waals surface area contributed by atoms with Crippen molar-refractivity contribution < 1.29 is 9.90 Å². The van der Waals surface area contributed by atoms with E-state index in [4.69, 9.17) is 5.73 Å². The van der Waals surface area contributed by atoms with E-state index in [0.717, 1.165) is 5.75 Å². The standard InChI is InChI=1S/C9H18N2O2S/c1-9(13)5-11(6-9)8(12)7(10)3-4-14-2/h7,13H,3-6,10H2,1-2H3/t7-/m0/s1. The third kappa shape index (κ3) is 2.87. The molecule has 0 aliphatic carbocycles. The van der Waals surface area contributed by atoms with Crippen molar-refractivity contribution in [1.82, 2.24) is 4.90 Å². The van der Waals surface area contributed by atoms with Crippen LogP contribution in [0.15, 0.2) is 0 Å². The molecule has 1 saturated heterocycles. The number of amides is 1. The van der Waals surface area contributed by atoms with Crippen LogP contribution in [0.3, 0.4) is 0 Å². The first-order chi connectivity index (χ1) is 6.46. The number of carbonyl (C=O) groups excluding carboxylic acids is 1. The SMILES string of the molecule is CSCC[C@H](N)C(=O)N1CC(C)(O)C1. The second kappa shape index (κ2) is 4.51. The van der Waals surface area contributed by atoms with Gasteiger partial charge in [0, 0.05) is 0 Å². The Balaban J connectivity index is 2.29. The summed E-state index contributed by atoms with van der Waals surface area (Å²) in [4.78, 5) is 13.2. The number of carbonyl (C=O) groups is 1. The first-order valence-corrected chi connectivity index (χ1v) is 6.11. The van der Waals surface area contributed by atoms with Gasteiger partial charge >= 0.3 is 0 Å². The molecule has 0 bridgehead atoms. The van der Waals surface area contributed by atoms with Crippen molar-refractivity contribution in [2.45, 2.75) is 25.0 Å². The lowest BCUT2D eigenvalue weighted by atomic mass is 9.96. The zero-order valence-corrected chi connectivity index (χ0v) is 9.51. The number of hydrogen-bond acceptors (Lipinski definition) is 4. The van der Waals surface area contributed by atoms with E-state index in [-0.39, 0.29) is 5.91 Å². The van der Waals surface area contributed by atoms with Gasteiger partial charge in [-0.05, 0) is 25.4 Å². The Hall–Kier alpha value is -0.260. The third-order valence-corrected chi connectivity index (χ3v) is 2.97. The highest BCUT2D eigenvalue weighted by atomic mass is 32.2. The molecule has 82 valence electrons. The second-order valence-electron chi connectivity index (χ2n) is 4.08. The molecular formula is C9H18N2O2S. The van der Waals surface area contributed by atoms with E-state index in [9.17, 15) is 9.90 Å². The lowest BCUT2D eigenvalue weighted by Crippen LogP contribution is -2.64. The maximum absolute atomic E-state index is 11.6. The van der Waals surface area contributed by atoms with Crippen molar-refractivity contribution in [1.29, 1.82) is 0 Å². The Morgan fingerprint density at radius 3 is 2.71 bits per heavy atom.